The van der Waals surface area contributed by atoms with E-state index in [1.165, 1.54) is 11.2 Å². The average Bonchev–Trinajstić information content (AvgIpc) is 2.39. The molecule has 0 radical (unpaired) electrons. The van der Waals surface area contributed by atoms with Crippen molar-refractivity contribution in [1.82, 2.24) is 5.01 Å². The number of hydrogen-bond donors (Lipinski definition) is 3. The Morgan fingerprint density at radius 2 is 1.84 bits per heavy atom. The maximum absolute atomic E-state index is 11.4. The largest absolute Gasteiger partial charge is 0.403 e. The van der Waals surface area contributed by atoms with Crippen molar-refractivity contribution >= 4 is 16.7 Å². The molecule has 2 aromatic carbocycles. The van der Waals surface area contributed by atoms with Gasteiger partial charge in [0.05, 0.1) is 6.54 Å². The van der Waals surface area contributed by atoms with Crippen LogP contribution >= 0.6 is 0 Å². The van der Waals surface area contributed by atoms with Gasteiger partial charge in [0.15, 0.2) is 0 Å². The van der Waals surface area contributed by atoms with Crippen molar-refractivity contribution in [3.63, 3.8) is 0 Å². The van der Waals surface area contributed by atoms with E-state index in [4.69, 9.17) is 17.3 Å². The summed E-state index contributed by atoms with van der Waals surface area (Å²) in [5, 5.41) is 3.27. The average molecular weight is 256 g/mol. The fourth-order valence-corrected chi connectivity index (χ4v) is 2.07. The van der Waals surface area contributed by atoms with Crippen LogP contribution in [0.25, 0.3) is 10.8 Å². The standard InChI is InChI=1S/C14H16N4O/c15-7-8-18(17)9-10-5-6-13(14(16)19)12-4-2-1-3-11(10)12/h1-8H,9,15,17H2,(H2,16,19)/b8-7-. The molecule has 19 heavy (non-hydrogen) atoms. The molecule has 2 rings (SSSR count). The molecule has 0 aliphatic rings. The molecule has 0 bridgehead atoms. The normalized spacial score (nSPS) is 11.0. The van der Waals surface area contributed by atoms with Gasteiger partial charge in [-0.05, 0) is 22.4 Å². The van der Waals surface area contributed by atoms with Gasteiger partial charge in [0.25, 0.3) is 0 Å². The Hall–Kier alpha value is -2.53. The first-order valence-corrected chi connectivity index (χ1v) is 5.83. The third kappa shape index (κ3) is 2.66. The minimum absolute atomic E-state index is 0.436. The number of carbonyl (C=O) groups is 1. The summed E-state index contributed by atoms with van der Waals surface area (Å²) in [6.45, 7) is 0.493. The zero-order chi connectivity index (χ0) is 13.8. The number of hydrogen-bond acceptors (Lipinski definition) is 4. The van der Waals surface area contributed by atoms with E-state index in [9.17, 15) is 4.79 Å². The second-order valence-corrected chi connectivity index (χ2v) is 4.20. The van der Waals surface area contributed by atoms with Crippen molar-refractivity contribution < 1.29 is 4.79 Å². The summed E-state index contributed by atoms with van der Waals surface area (Å²) in [7, 11) is 0. The summed E-state index contributed by atoms with van der Waals surface area (Å²) < 4.78 is 0. The first-order chi connectivity index (χ1) is 9.13. The topological polar surface area (TPSA) is 98.4 Å². The van der Waals surface area contributed by atoms with Crippen LogP contribution in [0, 0.1) is 0 Å². The molecule has 6 N–H and O–H groups in total. The van der Waals surface area contributed by atoms with E-state index in [-0.39, 0.29) is 0 Å². The quantitative estimate of drug-likeness (QED) is 0.562. The molecule has 98 valence electrons. The molecule has 2 aromatic rings. The van der Waals surface area contributed by atoms with E-state index in [2.05, 4.69) is 0 Å². The van der Waals surface area contributed by atoms with E-state index in [0.29, 0.717) is 12.1 Å². The lowest BCUT2D eigenvalue weighted by molar-refractivity contribution is 0.100. The summed E-state index contributed by atoms with van der Waals surface area (Å²) in [6, 6.07) is 11.2. The van der Waals surface area contributed by atoms with Crippen LogP contribution in [-0.2, 0) is 6.54 Å². The molecule has 5 heteroatoms. The van der Waals surface area contributed by atoms with Gasteiger partial charge in [-0.25, -0.2) is 5.84 Å². The van der Waals surface area contributed by atoms with Crippen LogP contribution in [-0.4, -0.2) is 10.9 Å². The number of fused-ring (bicyclic) bond motifs is 1. The summed E-state index contributed by atoms with van der Waals surface area (Å²) in [5.74, 6) is 5.34. The predicted molar refractivity (Wildman–Crippen MR) is 75.5 cm³/mol. The van der Waals surface area contributed by atoms with Crippen molar-refractivity contribution in [2.24, 2.45) is 17.3 Å². The maximum atomic E-state index is 11.4. The Kier molecular flexibility index (Phi) is 3.68. The molecule has 0 aromatic heterocycles. The zero-order valence-corrected chi connectivity index (χ0v) is 10.4. The molecule has 0 aliphatic heterocycles. The van der Waals surface area contributed by atoms with Gasteiger partial charge in [0.2, 0.25) is 5.91 Å². The van der Waals surface area contributed by atoms with Crippen molar-refractivity contribution in [3.05, 3.63) is 59.9 Å². The molecule has 1 amide bonds. The van der Waals surface area contributed by atoms with Crippen LogP contribution in [0.3, 0.4) is 0 Å². The number of nitrogens with zero attached hydrogens (tertiary/aromatic N) is 1. The van der Waals surface area contributed by atoms with Gasteiger partial charge in [0, 0.05) is 18.0 Å². The fraction of sp³-hybridized carbons (Fsp3) is 0.0714. The molecule has 0 spiro atoms. The predicted octanol–water partition coefficient (Wildman–Crippen LogP) is 1.04. The molecule has 0 saturated carbocycles. The highest BCUT2D eigenvalue weighted by molar-refractivity contribution is 6.07. The Morgan fingerprint density at radius 1 is 1.16 bits per heavy atom. The van der Waals surface area contributed by atoms with Gasteiger partial charge in [-0.1, -0.05) is 30.3 Å². The van der Waals surface area contributed by atoms with Gasteiger partial charge in [-0.15, -0.1) is 0 Å². The Labute approximate surface area is 111 Å². The van der Waals surface area contributed by atoms with E-state index in [0.717, 1.165) is 16.3 Å². The lowest BCUT2D eigenvalue weighted by Gasteiger charge is -2.15. The molecule has 0 aliphatic carbocycles. The SMILES string of the molecule is N/C=C\N(N)Cc1ccc(C(N)=O)c2ccccc12. The highest BCUT2D eigenvalue weighted by atomic mass is 16.1. The molecular formula is C14H16N4O. The number of rotatable bonds is 4. The first-order valence-electron chi connectivity index (χ1n) is 5.83. The Morgan fingerprint density at radius 3 is 2.47 bits per heavy atom. The molecular weight excluding hydrogens is 240 g/mol. The Balaban J connectivity index is 2.52. The molecule has 0 fully saturated rings. The minimum atomic E-state index is -0.436. The number of carbonyl (C=O) groups excluding carboxylic acids is 1. The highest BCUT2D eigenvalue weighted by Gasteiger charge is 2.10. The third-order valence-corrected chi connectivity index (χ3v) is 2.91. The minimum Gasteiger partial charge on any atom is -0.403 e. The second kappa shape index (κ2) is 5.41. The summed E-state index contributed by atoms with van der Waals surface area (Å²) >= 11 is 0. The van der Waals surface area contributed by atoms with Crippen LogP contribution in [0.4, 0.5) is 0 Å². The number of benzene rings is 2. The Bertz CT molecular complexity index is 636. The maximum Gasteiger partial charge on any atom is 0.249 e. The molecule has 0 heterocycles. The number of hydrazine groups is 1. The molecule has 0 saturated heterocycles. The number of nitrogens with two attached hydrogens (primary N) is 3. The van der Waals surface area contributed by atoms with E-state index >= 15 is 0 Å². The monoisotopic (exact) mass is 256 g/mol. The van der Waals surface area contributed by atoms with Gasteiger partial charge < -0.3 is 16.5 Å². The number of primary amides is 1. The highest BCUT2D eigenvalue weighted by Crippen LogP contribution is 2.23. The van der Waals surface area contributed by atoms with Crippen molar-refractivity contribution in [2.45, 2.75) is 6.54 Å². The van der Waals surface area contributed by atoms with Gasteiger partial charge in [-0.2, -0.15) is 0 Å². The fourth-order valence-electron chi connectivity index (χ4n) is 2.07. The van der Waals surface area contributed by atoms with E-state index in [1.54, 1.807) is 12.3 Å². The van der Waals surface area contributed by atoms with Crippen LogP contribution < -0.4 is 17.3 Å². The van der Waals surface area contributed by atoms with Crippen LogP contribution in [0.15, 0.2) is 48.8 Å². The first kappa shape index (κ1) is 12.9. The van der Waals surface area contributed by atoms with Crippen molar-refractivity contribution in [2.75, 3.05) is 0 Å². The van der Waals surface area contributed by atoms with Gasteiger partial charge in [0.1, 0.15) is 0 Å². The second-order valence-electron chi connectivity index (χ2n) is 4.20. The number of amides is 1. The molecule has 5 nitrogen and oxygen atoms in total. The van der Waals surface area contributed by atoms with Crippen molar-refractivity contribution in [1.29, 1.82) is 0 Å². The lowest BCUT2D eigenvalue weighted by atomic mass is 9.99. The lowest BCUT2D eigenvalue weighted by Crippen LogP contribution is -2.24. The van der Waals surface area contributed by atoms with E-state index < -0.39 is 5.91 Å². The smallest absolute Gasteiger partial charge is 0.249 e. The summed E-state index contributed by atoms with van der Waals surface area (Å²) in [6.07, 6.45) is 2.96. The summed E-state index contributed by atoms with van der Waals surface area (Å²) in [4.78, 5) is 11.4. The van der Waals surface area contributed by atoms with Crippen molar-refractivity contribution in [3.8, 4) is 0 Å². The van der Waals surface area contributed by atoms with Gasteiger partial charge in [-0.3, -0.25) is 4.79 Å². The zero-order valence-electron chi connectivity index (χ0n) is 10.4. The summed E-state index contributed by atoms with van der Waals surface area (Å²) in [5.41, 5.74) is 12.2. The van der Waals surface area contributed by atoms with E-state index in [1.807, 2.05) is 30.3 Å². The van der Waals surface area contributed by atoms with Crippen LogP contribution in [0.2, 0.25) is 0 Å². The van der Waals surface area contributed by atoms with Crippen LogP contribution in [0.5, 0.6) is 0 Å². The third-order valence-electron chi connectivity index (χ3n) is 2.91. The molecule has 0 unspecified atom stereocenters. The van der Waals surface area contributed by atoms with Crippen LogP contribution in [0.1, 0.15) is 15.9 Å². The van der Waals surface area contributed by atoms with Gasteiger partial charge >= 0.3 is 0 Å². The molecule has 0 atom stereocenters.